The Labute approximate surface area is 96.9 Å². The number of carboxylic acids is 1. The molecule has 0 aliphatic heterocycles. The molecule has 80 valence electrons. The van der Waals surface area contributed by atoms with Gasteiger partial charge in [0.2, 0.25) is 0 Å². The molecule has 0 bridgehead atoms. The Hall–Kier alpha value is -1.29. The summed E-state index contributed by atoms with van der Waals surface area (Å²) in [5.41, 5.74) is 2.12. The highest BCUT2D eigenvalue weighted by Crippen LogP contribution is 2.20. The fourth-order valence-electron chi connectivity index (χ4n) is 1.06. The van der Waals surface area contributed by atoms with Gasteiger partial charge in [-0.3, -0.25) is 0 Å². The Morgan fingerprint density at radius 1 is 1.60 bits per heavy atom. The number of hydrogen-bond acceptors (Lipinski definition) is 2. The maximum atomic E-state index is 10.5. The summed E-state index contributed by atoms with van der Waals surface area (Å²) in [6.07, 6.45) is 0. The average Bonchev–Trinajstić information content (AvgIpc) is 2.18. The summed E-state index contributed by atoms with van der Waals surface area (Å²) >= 11 is 3.35. The van der Waals surface area contributed by atoms with Crippen molar-refractivity contribution < 1.29 is 9.90 Å². The molecule has 0 unspecified atom stereocenters. The van der Waals surface area contributed by atoms with Crippen LogP contribution in [-0.4, -0.2) is 17.6 Å². The molecule has 0 spiro atoms. The van der Waals surface area contributed by atoms with Crippen LogP contribution in [0.25, 0.3) is 0 Å². The summed E-state index contributed by atoms with van der Waals surface area (Å²) in [5.74, 6) is -0.977. The monoisotopic (exact) mass is 269 g/mol. The summed E-state index contributed by atoms with van der Waals surface area (Å²) in [7, 11) is 0. The predicted octanol–water partition coefficient (Wildman–Crippen LogP) is 2.81. The highest BCUT2D eigenvalue weighted by atomic mass is 79.9. The number of nitrogens with one attached hydrogen (secondary N) is 1. The second kappa shape index (κ2) is 4.98. The minimum absolute atomic E-state index is 0.148. The topological polar surface area (TPSA) is 49.3 Å². The third-order valence-electron chi connectivity index (χ3n) is 1.99. The predicted molar refractivity (Wildman–Crippen MR) is 64.1 cm³/mol. The molecule has 2 N–H and O–H groups in total. The first-order valence-electron chi connectivity index (χ1n) is 4.42. The molecule has 0 heterocycles. The van der Waals surface area contributed by atoms with E-state index in [1.165, 1.54) is 0 Å². The molecular formula is C11H12BrNO2. The molecule has 0 amide bonds. The summed E-state index contributed by atoms with van der Waals surface area (Å²) in [4.78, 5) is 10.5. The number of aryl methyl sites for hydroxylation is 1. The van der Waals surface area contributed by atoms with Gasteiger partial charge >= 0.3 is 5.97 Å². The SMILES string of the molecule is C=C(CNc1cc(Br)ccc1C)C(=O)O. The Bertz CT molecular complexity index is 402. The lowest BCUT2D eigenvalue weighted by Crippen LogP contribution is -2.11. The van der Waals surface area contributed by atoms with Crippen LogP contribution < -0.4 is 5.32 Å². The van der Waals surface area contributed by atoms with E-state index in [4.69, 9.17) is 5.11 Å². The second-order valence-corrected chi connectivity index (χ2v) is 4.14. The first-order valence-corrected chi connectivity index (χ1v) is 5.21. The summed E-state index contributed by atoms with van der Waals surface area (Å²) < 4.78 is 0.955. The van der Waals surface area contributed by atoms with Gasteiger partial charge in [0.1, 0.15) is 0 Å². The maximum absolute atomic E-state index is 10.5. The summed E-state index contributed by atoms with van der Waals surface area (Å²) in [5, 5.41) is 11.7. The van der Waals surface area contributed by atoms with Crippen LogP contribution >= 0.6 is 15.9 Å². The van der Waals surface area contributed by atoms with E-state index in [0.717, 1.165) is 15.7 Å². The smallest absolute Gasteiger partial charge is 0.332 e. The zero-order valence-corrected chi connectivity index (χ0v) is 9.97. The van der Waals surface area contributed by atoms with Crippen molar-refractivity contribution in [2.45, 2.75) is 6.92 Å². The fourth-order valence-corrected chi connectivity index (χ4v) is 1.42. The van der Waals surface area contributed by atoms with E-state index in [1.807, 2.05) is 25.1 Å². The van der Waals surface area contributed by atoms with Crippen molar-refractivity contribution in [2.24, 2.45) is 0 Å². The highest BCUT2D eigenvalue weighted by Gasteiger charge is 2.04. The molecule has 3 nitrogen and oxygen atoms in total. The van der Waals surface area contributed by atoms with E-state index in [2.05, 4.69) is 27.8 Å². The summed E-state index contributed by atoms with van der Waals surface area (Å²) in [6.45, 7) is 5.65. The van der Waals surface area contributed by atoms with Gasteiger partial charge in [0, 0.05) is 22.3 Å². The molecule has 0 atom stereocenters. The third kappa shape index (κ3) is 3.40. The van der Waals surface area contributed by atoms with Crippen molar-refractivity contribution in [3.8, 4) is 0 Å². The standard InChI is InChI=1S/C11H12BrNO2/c1-7-3-4-9(12)5-10(7)13-6-8(2)11(14)15/h3-5,13H,2,6H2,1H3,(H,14,15). The van der Waals surface area contributed by atoms with Gasteiger partial charge < -0.3 is 10.4 Å². The number of aliphatic carboxylic acids is 1. The van der Waals surface area contributed by atoms with Crippen molar-refractivity contribution in [1.29, 1.82) is 0 Å². The van der Waals surface area contributed by atoms with E-state index in [0.29, 0.717) is 0 Å². The van der Waals surface area contributed by atoms with E-state index in [1.54, 1.807) is 0 Å². The Morgan fingerprint density at radius 3 is 2.87 bits per heavy atom. The number of carbonyl (C=O) groups is 1. The second-order valence-electron chi connectivity index (χ2n) is 3.22. The van der Waals surface area contributed by atoms with Gasteiger partial charge in [-0.1, -0.05) is 28.6 Å². The van der Waals surface area contributed by atoms with Crippen LogP contribution in [0.1, 0.15) is 5.56 Å². The van der Waals surface area contributed by atoms with Crippen molar-refractivity contribution >= 4 is 27.6 Å². The zero-order valence-electron chi connectivity index (χ0n) is 8.38. The highest BCUT2D eigenvalue weighted by molar-refractivity contribution is 9.10. The van der Waals surface area contributed by atoms with Crippen LogP contribution in [0, 0.1) is 6.92 Å². The first-order chi connectivity index (χ1) is 7.00. The largest absolute Gasteiger partial charge is 0.478 e. The number of anilines is 1. The number of rotatable bonds is 4. The Balaban J connectivity index is 2.69. The van der Waals surface area contributed by atoms with Crippen LogP contribution in [0.15, 0.2) is 34.8 Å². The van der Waals surface area contributed by atoms with E-state index in [9.17, 15) is 4.79 Å². The number of benzene rings is 1. The van der Waals surface area contributed by atoms with Gasteiger partial charge in [-0.2, -0.15) is 0 Å². The minimum atomic E-state index is -0.977. The molecule has 0 aromatic heterocycles. The normalized spacial score (nSPS) is 9.73. The van der Waals surface area contributed by atoms with Gasteiger partial charge in [-0.25, -0.2) is 4.79 Å². The van der Waals surface area contributed by atoms with E-state index in [-0.39, 0.29) is 12.1 Å². The van der Waals surface area contributed by atoms with Gasteiger partial charge in [0.05, 0.1) is 0 Å². The maximum Gasteiger partial charge on any atom is 0.332 e. The summed E-state index contributed by atoms with van der Waals surface area (Å²) in [6, 6.07) is 5.80. The molecule has 1 rings (SSSR count). The van der Waals surface area contributed by atoms with Crippen LogP contribution in [0.4, 0.5) is 5.69 Å². The molecule has 1 aromatic rings. The molecule has 0 saturated heterocycles. The molecule has 0 saturated carbocycles. The molecule has 0 fully saturated rings. The molecule has 0 radical (unpaired) electrons. The van der Waals surface area contributed by atoms with Crippen LogP contribution in [0.5, 0.6) is 0 Å². The van der Waals surface area contributed by atoms with Gasteiger partial charge in [-0.15, -0.1) is 0 Å². The van der Waals surface area contributed by atoms with Crippen molar-refractivity contribution in [3.05, 3.63) is 40.4 Å². The Morgan fingerprint density at radius 2 is 2.27 bits per heavy atom. The van der Waals surface area contributed by atoms with Gasteiger partial charge in [-0.05, 0) is 24.6 Å². The van der Waals surface area contributed by atoms with Crippen LogP contribution in [0.2, 0.25) is 0 Å². The molecular weight excluding hydrogens is 258 g/mol. The lowest BCUT2D eigenvalue weighted by atomic mass is 10.2. The van der Waals surface area contributed by atoms with Gasteiger partial charge in [0.15, 0.2) is 0 Å². The van der Waals surface area contributed by atoms with Crippen LogP contribution in [-0.2, 0) is 4.79 Å². The lowest BCUT2D eigenvalue weighted by molar-refractivity contribution is -0.132. The van der Waals surface area contributed by atoms with Crippen LogP contribution in [0.3, 0.4) is 0 Å². The molecule has 0 aliphatic carbocycles. The lowest BCUT2D eigenvalue weighted by Gasteiger charge is -2.09. The number of hydrogen-bond donors (Lipinski definition) is 2. The molecule has 0 aliphatic rings. The van der Waals surface area contributed by atoms with Crippen molar-refractivity contribution in [2.75, 3.05) is 11.9 Å². The quantitative estimate of drug-likeness (QED) is 0.827. The number of halogens is 1. The number of carboxylic acid groups (broad SMARTS) is 1. The van der Waals surface area contributed by atoms with Crippen molar-refractivity contribution in [1.82, 2.24) is 0 Å². The molecule has 15 heavy (non-hydrogen) atoms. The van der Waals surface area contributed by atoms with Gasteiger partial charge in [0.25, 0.3) is 0 Å². The average molecular weight is 270 g/mol. The Kier molecular flexibility index (Phi) is 3.91. The van der Waals surface area contributed by atoms with Crippen molar-refractivity contribution in [3.63, 3.8) is 0 Å². The van der Waals surface area contributed by atoms with E-state index >= 15 is 0 Å². The van der Waals surface area contributed by atoms with E-state index < -0.39 is 5.97 Å². The zero-order chi connectivity index (χ0) is 11.4. The first kappa shape index (κ1) is 11.8. The molecule has 1 aromatic carbocycles. The fraction of sp³-hybridized carbons (Fsp3) is 0.182. The minimum Gasteiger partial charge on any atom is -0.478 e. The molecule has 4 heteroatoms. The third-order valence-corrected chi connectivity index (χ3v) is 2.49.